The van der Waals surface area contributed by atoms with Crippen molar-refractivity contribution in [1.29, 1.82) is 0 Å². The number of hydrogen-bond donors (Lipinski definition) is 0. The Labute approximate surface area is 387 Å². The molecular formula is C57H94O6. The van der Waals surface area contributed by atoms with Gasteiger partial charge in [0.2, 0.25) is 0 Å². The fourth-order valence-corrected chi connectivity index (χ4v) is 6.83. The maximum atomic E-state index is 12.8. The van der Waals surface area contributed by atoms with Crippen LogP contribution in [-0.4, -0.2) is 37.2 Å². The number of allylic oxidation sites excluding steroid dienone is 16. The van der Waals surface area contributed by atoms with Crippen molar-refractivity contribution < 1.29 is 28.6 Å². The van der Waals surface area contributed by atoms with E-state index in [1.165, 1.54) is 77.0 Å². The van der Waals surface area contributed by atoms with Crippen molar-refractivity contribution in [3.63, 3.8) is 0 Å². The standard InChI is InChI=1S/C57H94O6/c1-4-7-10-13-16-19-22-25-27-28-29-30-33-35-38-41-44-47-50-56(59)62-53-54(52-61-55(58)49-46-43-40-37-34-31-24-21-18-15-12-9-6-3)63-57(60)51-48-45-42-39-36-32-26-23-20-17-14-11-8-5-2/h8-9,11-12,15,17-18,20-21,24,27-31,34,54H,4-7,10,13-14,16,19,22-23,25-26,32-33,35-53H2,1-3H3/b11-8+,12-9+,18-15+,20-17+,24-21+,28-27+,30-29+,34-31+. The molecule has 0 aromatic heterocycles. The minimum Gasteiger partial charge on any atom is -0.462 e. The molecule has 0 N–H and O–H groups in total. The molecule has 0 aliphatic carbocycles. The number of esters is 3. The fraction of sp³-hybridized carbons (Fsp3) is 0.667. The van der Waals surface area contributed by atoms with Crippen molar-refractivity contribution in [2.24, 2.45) is 0 Å². The molecule has 0 heterocycles. The molecule has 0 amide bonds. The Balaban J connectivity index is 4.47. The van der Waals surface area contributed by atoms with Gasteiger partial charge in [0, 0.05) is 19.3 Å². The van der Waals surface area contributed by atoms with E-state index in [1.807, 2.05) is 36.5 Å². The van der Waals surface area contributed by atoms with E-state index in [9.17, 15) is 14.4 Å². The van der Waals surface area contributed by atoms with Crippen molar-refractivity contribution in [3.05, 3.63) is 97.2 Å². The SMILES string of the molecule is CC/C=C/C=C/C=C/C=C/CCCCCC(=O)OCC(COC(=O)CCCCCCC/C=C/C=C/CCCCCCCCC)OC(=O)CCCCCCCCC/C=C/C/C=C/CC. The molecule has 0 saturated heterocycles. The van der Waals surface area contributed by atoms with Gasteiger partial charge in [0.05, 0.1) is 0 Å². The van der Waals surface area contributed by atoms with Crippen LogP contribution in [0.15, 0.2) is 97.2 Å². The molecule has 0 fully saturated rings. The van der Waals surface area contributed by atoms with Crippen LogP contribution in [0, 0.1) is 0 Å². The molecule has 6 nitrogen and oxygen atoms in total. The summed E-state index contributed by atoms with van der Waals surface area (Å²) in [7, 11) is 0. The Kier molecular flexibility index (Phi) is 48.0. The summed E-state index contributed by atoms with van der Waals surface area (Å²) >= 11 is 0. The van der Waals surface area contributed by atoms with E-state index in [4.69, 9.17) is 14.2 Å². The number of rotatable bonds is 45. The monoisotopic (exact) mass is 875 g/mol. The van der Waals surface area contributed by atoms with Crippen LogP contribution in [0.2, 0.25) is 0 Å². The molecule has 0 radical (unpaired) electrons. The molecule has 0 saturated carbocycles. The average molecular weight is 875 g/mol. The smallest absolute Gasteiger partial charge is 0.306 e. The molecule has 0 spiro atoms. The molecule has 0 aromatic carbocycles. The first-order valence-electron chi connectivity index (χ1n) is 25.8. The molecular weight excluding hydrogens is 781 g/mol. The maximum absolute atomic E-state index is 12.8. The summed E-state index contributed by atoms with van der Waals surface area (Å²) in [6, 6.07) is 0. The van der Waals surface area contributed by atoms with Gasteiger partial charge < -0.3 is 14.2 Å². The number of unbranched alkanes of at least 4 members (excludes halogenated alkanes) is 22. The zero-order valence-corrected chi connectivity index (χ0v) is 40.8. The molecule has 0 bridgehead atoms. The highest BCUT2D eigenvalue weighted by Gasteiger charge is 2.19. The van der Waals surface area contributed by atoms with Gasteiger partial charge in [0.15, 0.2) is 6.10 Å². The Bertz CT molecular complexity index is 1280. The van der Waals surface area contributed by atoms with Gasteiger partial charge in [-0.2, -0.15) is 0 Å². The summed E-state index contributed by atoms with van der Waals surface area (Å²) in [4.78, 5) is 38.0. The molecule has 358 valence electrons. The number of hydrogen-bond acceptors (Lipinski definition) is 6. The molecule has 63 heavy (non-hydrogen) atoms. The molecule has 0 rings (SSSR count). The first-order chi connectivity index (χ1) is 31.0. The van der Waals surface area contributed by atoms with Crippen molar-refractivity contribution in [2.75, 3.05) is 13.2 Å². The predicted molar refractivity (Wildman–Crippen MR) is 270 cm³/mol. The number of carbonyl (C=O) groups is 3. The molecule has 1 unspecified atom stereocenters. The van der Waals surface area contributed by atoms with Gasteiger partial charge in [0.25, 0.3) is 0 Å². The quantitative estimate of drug-likeness (QED) is 0.0199. The van der Waals surface area contributed by atoms with Crippen LogP contribution in [0.25, 0.3) is 0 Å². The van der Waals surface area contributed by atoms with E-state index in [1.54, 1.807) is 0 Å². The fourth-order valence-electron chi connectivity index (χ4n) is 6.83. The molecule has 6 heteroatoms. The number of carbonyl (C=O) groups excluding carboxylic acids is 3. The summed E-state index contributed by atoms with van der Waals surface area (Å²) in [6.07, 6.45) is 66.8. The highest BCUT2D eigenvalue weighted by Crippen LogP contribution is 2.14. The van der Waals surface area contributed by atoms with E-state index in [0.717, 1.165) is 109 Å². The van der Waals surface area contributed by atoms with E-state index in [0.29, 0.717) is 19.3 Å². The van der Waals surface area contributed by atoms with Crippen LogP contribution >= 0.6 is 0 Å². The van der Waals surface area contributed by atoms with Crippen LogP contribution in [0.3, 0.4) is 0 Å². The first-order valence-corrected chi connectivity index (χ1v) is 25.8. The van der Waals surface area contributed by atoms with Crippen LogP contribution in [0.4, 0.5) is 0 Å². The van der Waals surface area contributed by atoms with Gasteiger partial charge in [-0.05, 0) is 89.9 Å². The lowest BCUT2D eigenvalue weighted by Gasteiger charge is -2.18. The van der Waals surface area contributed by atoms with Crippen LogP contribution in [0.5, 0.6) is 0 Å². The summed E-state index contributed by atoms with van der Waals surface area (Å²) in [5, 5.41) is 0. The van der Waals surface area contributed by atoms with Gasteiger partial charge in [0.1, 0.15) is 13.2 Å². The van der Waals surface area contributed by atoms with Gasteiger partial charge >= 0.3 is 17.9 Å². The summed E-state index contributed by atoms with van der Waals surface area (Å²) in [6.45, 7) is 6.32. The van der Waals surface area contributed by atoms with Gasteiger partial charge in [-0.25, -0.2) is 0 Å². The normalized spacial score (nSPS) is 12.9. The molecule has 0 aliphatic heterocycles. The Morgan fingerprint density at radius 1 is 0.349 bits per heavy atom. The van der Waals surface area contributed by atoms with Crippen molar-refractivity contribution in [3.8, 4) is 0 Å². The lowest BCUT2D eigenvalue weighted by molar-refractivity contribution is -0.167. The van der Waals surface area contributed by atoms with Gasteiger partial charge in [-0.3, -0.25) is 14.4 Å². The Morgan fingerprint density at radius 2 is 0.698 bits per heavy atom. The highest BCUT2D eigenvalue weighted by molar-refractivity contribution is 5.71. The predicted octanol–water partition coefficient (Wildman–Crippen LogP) is 17.0. The minimum atomic E-state index is -0.805. The zero-order valence-electron chi connectivity index (χ0n) is 40.8. The highest BCUT2D eigenvalue weighted by atomic mass is 16.6. The Hall–Kier alpha value is -3.67. The molecule has 0 aliphatic rings. The average Bonchev–Trinajstić information content (AvgIpc) is 3.28. The van der Waals surface area contributed by atoms with E-state index in [-0.39, 0.29) is 31.1 Å². The lowest BCUT2D eigenvalue weighted by atomic mass is 10.1. The minimum absolute atomic E-state index is 0.103. The second kappa shape index (κ2) is 51.0. The Morgan fingerprint density at radius 3 is 1.17 bits per heavy atom. The van der Waals surface area contributed by atoms with E-state index >= 15 is 0 Å². The molecule has 1 atom stereocenters. The summed E-state index contributed by atoms with van der Waals surface area (Å²) in [5.41, 5.74) is 0. The third-order valence-electron chi connectivity index (χ3n) is 10.7. The van der Waals surface area contributed by atoms with Gasteiger partial charge in [-0.15, -0.1) is 0 Å². The summed E-state index contributed by atoms with van der Waals surface area (Å²) in [5.74, 6) is -0.969. The largest absolute Gasteiger partial charge is 0.462 e. The maximum Gasteiger partial charge on any atom is 0.306 e. The zero-order chi connectivity index (χ0) is 45.8. The second-order valence-corrected chi connectivity index (χ2v) is 16.8. The third-order valence-corrected chi connectivity index (χ3v) is 10.7. The number of ether oxygens (including phenoxy) is 3. The van der Waals surface area contributed by atoms with Crippen LogP contribution in [0.1, 0.15) is 226 Å². The topological polar surface area (TPSA) is 78.9 Å². The summed E-state index contributed by atoms with van der Waals surface area (Å²) < 4.78 is 16.7. The van der Waals surface area contributed by atoms with Crippen molar-refractivity contribution >= 4 is 17.9 Å². The van der Waals surface area contributed by atoms with Crippen molar-refractivity contribution in [1.82, 2.24) is 0 Å². The van der Waals surface area contributed by atoms with E-state index in [2.05, 4.69) is 81.5 Å². The molecule has 0 aromatic rings. The lowest BCUT2D eigenvalue weighted by Crippen LogP contribution is -2.30. The third kappa shape index (κ3) is 49.2. The van der Waals surface area contributed by atoms with Gasteiger partial charge in [-0.1, -0.05) is 214 Å². The van der Waals surface area contributed by atoms with Crippen LogP contribution < -0.4 is 0 Å². The first kappa shape index (κ1) is 59.3. The van der Waals surface area contributed by atoms with Crippen molar-refractivity contribution in [2.45, 2.75) is 232 Å². The van der Waals surface area contributed by atoms with E-state index < -0.39 is 6.10 Å². The van der Waals surface area contributed by atoms with Crippen LogP contribution in [-0.2, 0) is 28.6 Å². The second-order valence-electron chi connectivity index (χ2n) is 16.8.